The van der Waals surface area contributed by atoms with Crippen molar-refractivity contribution in [2.75, 3.05) is 18.4 Å². The van der Waals surface area contributed by atoms with E-state index in [9.17, 15) is 14.0 Å². The van der Waals surface area contributed by atoms with Gasteiger partial charge in [-0.1, -0.05) is 35.9 Å². The zero-order valence-corrected chi connectivity index (χ0v) is 14.3. The van der Waals surface area contributed by atoms with E-state index in [2.05, 4.69) is 5.32 Å². The Morgan fingerprint density at radius 3 is 2.60 bits per heavy atom. The molecule has 1 fully saturated rings. The summed E-state index contributed by atoms with van der Waals surface area (Å²) in [5, 5.41) is 2.94. The molecule has 130 valence electrons. The van der Waals surface area contributed by atoms with Crippen molar-refractivity contribution in [1.29, 1.82) is 0 Å². The highest BCUT2D eigenvalue weighted by Crippen LogP contribution is 2.25. The average Bonchev–Trinajstić information content (AvgIpc) is 2.62. The first-order valence-electron chi connectivity index (χ1n) is 8.15. The van der Waals surface area contributed by atoms with Gasteiger partial charge < -0.3 is 10.2 Å². The summed E-state index contributed by atoms with van der Waals surface area (Å²) in [6.45, 7) is 0.737. The summed E-state index contributed by atoms with van der Waals surface area (Å²) >= 11 is 5.98. The standard InChI is InChI=1S/C19H18ClFN2O2/c20-15-9-4-10-16(21)17(15)19(25)23-11-5-6-13(12-23)18(24)22-14-7-2-1-3-8-14/h1-4,7-10,13H,5-6,11-12H2,(H,22,24). The van der Waals surface area contributed by atoms with Crippen LogP contribution in [0.3, 0.4) is 0 Å². The van der Waals surface area contributed by atoms with Crippen LogP contribution in [0.25, 0.3) is 0 Å². The molecule has 0 spiro atoms. The second-order valence-electron chi connectivity index (χ2n) is 6.04. The molecule has 0 radical (unpaired) electrons. The number of amides is 2. The first kappa shape index (κ1) is 17.4. The maximum absolute atomic E-state index is 14.0. The number of nitrogens with one attached hydrogen (secondary N) is 1. The van der Waals surface area contributed by atoms with Crippen LogP contribution in [0.1, 0.15) is 23.2 Å². The molecule has 0 aromatic heterocycles. The van der Waals surface area contributed by atoms with Crippen LogP contribution in [-0.4, -0.2) is 29.8 Å². The van der Waals surface area contributed by atoms with E-state index in [4.69, 9.17) is 11.6 Å². The number of carbonyl (C=O) groups is 2. The van der Waals surface area contributed by atoms with Gasteiger partial charge in [0.2, 0.25) is 5.91 Å². The molecule has 4 nitrogen and oxygen atoms in total. The zero-order chi connectivity index (χ0) is 17.8. The first-order chi connectivity index (χ1) is 12.1. The number of rotatable bonds is 3. The Kier molecular flexibility index (Phi) is 5.34. The Labute approximate surface area is 150 Å². The second-order valence-corrected chi connectivity index (χ2v) is 6.45. The lowest BCUT2D eigenvalue weighted by molar-refractivity contribution is -0.121. The summed E-state index contributed by atoms with van der Waals surface area (Å²) in [6, 6.07) is 13.3. The van der Waals surface area contributed by atoms with E-state index in [0.717, 1.165) is 0 Å². The van der Waals surface area contributed by atoms with E-state index >= 15 is 0 Å². The van der Waals surface area contributed by atoms with Crippen molar-refractivity contribution in [3.63, 3.8) is 0 Å². The van der Waals surface area contributed by atoms with Crippen molar-refractivity contribution in [2.45, 2.75) is 12.8 Å². The van der Waals surface area contributed by atoms with Crippen LogP contribution in [0.5, 0.6) is 0 Å². The molecule has 1 atom stereocenters. The second kappa shape index (κ2) is 7.66. The SMILES string of the molecule is O=C(Nc1ccccc1)C1CCCN(C(=O)c2c(F)cccc2Cl)C1. The topological polar surface area (TPSA) is 49.4 Å². The molecule has 1 N–H and O–H groups in total. The highest BCUT2D eigenvalue weighted by atomic mass is 35.5. The van der Waals surface area contributed by atoms with E-state index in [0.29, 0.717) is 25.1 Å². The van der Waals surface area contributed by atoms with Crippen molar-refractivity contribution in [1.82, 2.24) is 4.90 Å². The number of carbonyl (C=O) groups excluding carboxylic acids is 2. The van der Waals surface area contributed by atoms with Crippen molar-refractivity contribution in [2.24, 2.45) is 5.92 Å². The maximum atomic E-state index is 14.0. The van der Waals surface area contributed by atoms with E-state index in [1.807, 2.05) is 30.3 Å². The number of benzene rings is 2. The number of nitrogens with zero attached hydrogens (tertiary/aromatic N) is 1. The number of para-hydroxylation sites is 1. The summed E-state index contributed by atoms with van der Waals surface area (Å²) in [6.07, 6.45) is 1.37. The van der Waals surface area contributed by atoms with Gasteiger partial charge in [-0.3, -0.25) is 9.59 Å². The molecule has 1 aliphatic rings. The normalized spacial score (nSPS) is 17.2. The average molecular weight is 361 g/mol. The molecule has 1 saturated heterocycles. The van der Waals surface area contributed by atoms with Gasteiger partial charge in [0.05, 0.1) is 16.5 Å². The molecule has 6 heteroatoms. The van der Waals surface area contributed by atoms with Crippen molar-refractivity contribution < 1.29 is 14.0 Å². The van der Waals surface area contributed by atoms with Gasteiger partial charge in [-0.15, -0.1) is 0 Å². The third-order valence-corrected chi connectivity index (χ3v) is 4.61. The van der Waals surface area contributed by atoms with Gasteiger partial charge in [0.1, 0.15) is 5.82 Å². The van der Waals surface area contributed by atoms with Crippen LogP contribution < -0.4 is 5.32 Å². The van der Waals surface area contributed by atoms with Crippen molar-refractivity contribution in [3.8, 4) is 0 Å². The molecule has 0 aliphatic carbocycles. The van der Waals surface area contributed by atoms with E-state index in [1.54, 1.807) is 0 Å². The molecule has 1 aliphatic heterocycles. The largest absolute Gasteiger partial charge is 0.338 e. The molecule has 1 unspecified atom stereocenters. The molecule has 0 bridgehead atoms. The summed E-state index contributed by atoms with van der Waals surface area (Å²) in [4.78, 5) is 26.6. The number of likely N-dealkylation sites (tertiary alicyclic amines) is 1. The maximum Gasteiger partial charge on any atom is 0.258 e. The monoisotopic (exact) mass is 360 g/mol. The minimum atomic E-state index is -0.645. The fraction of sp³-hybridized carbons (Fsp3) is 0.263. The molecular formula is C19H18ClFN2O2. The number of hydrogen-bond donors (Lipinski definition) is 1. The van der Waals surface area contributed by atoms with Crippen LogP contribution in [0.15, 0.2) is 48.5 Å². The number of halogens is 2. The Morgan fingerprint density at radius 1 is 1.12 bits per heavy atom. The van der Waals surface area contributed by atoms with Crippen LogP contribution >= 0.6 is 11.6 Å². The van der Waals surface area contributed by atoms with Crippen LogP contribution in [0.4, 0.5) is 10.1 Å². The van der Waals surface area contributed by atoms with E-state index in [1.165, 1.54) is 23.1 Å². The van der Waals surface area contributed by atoms with Crippen LogP contribution in [0.2, 0.25) is 5.02 Å². The third-order valence-electron chi connectivity index (χ3n) is 4.30. The summed E-state index contributed by atoms with van der Waals surface area (Å²) in [5.74, 6) is -1.58. The summed E-state index contributed by atoms with van der Waals surface area (Å²) < 4.78 is 14.0. The van der Waals surface area contributed by atoms with Gasteiger partial charge in [-0.25, -0.2) is 4.39 Å². The van der Waals surface area contributed by atoms with Gasteiger partial charge in [0.25, 0.3) is 5.91 Å². The minimum absolute atomic E-state index is 0.0841. The fourth-order valence-corrected chi connectivity index (χ4v) is 3.25. The Morgan fingerprint density at radius 2 is 1.88 bits per heavy atom. The fourth-order valence-electron chi connectivity index (χ4n) is 3.00. The molecular weight excluding hydrogens is 343 g/mol. The molecule has 2 aromatic carbocycles. The lowest BCUT2D eigenvalue weighted by Crippen LogP contribution is -2.44. The number of piperidine rings is 1. The highest BCUT2D eigenvalue weighted by Gasteiger charge is 2.30. The van der Waals surface area contributed by atoms with E-state index < -0.39 is 11.7 Å². The van der Waals surface area contributed by atoms with Gasteiger partial charge >= 0.3 is 0 Å². The quantitative estimate of drug-likeness (QED) is 0.900. The lowest BCUT2D eigenvalue weighted by atomic mass is 9.96. The molecule has 3 rings (SSSR count). The Bertz CT molecular complexity index is 762. The lowest BCUT2D eigenvalue weighted by Gasteiger charge is -2.32. The first-order valence-corrected chi connectivity index (χ1v) is 8.53. The predicted octanol–water partition coefficient (Wildman–Crippen LogP) is 3.97. The van der Waals surface area contributed by atoms with Gasteiger partial charge in [0, 0.05) is 18.8 Å². The van der Waals surface area contributed by atoms with Gasteiger partial charge in [0.15, 0.2) is 0 Å². The molecule has 2 amide bonds. The van der Waals surface area contributed by atoms with Crippen molar-refractivity contribution in [3.05, 3.63) is 64.9 Å². The van der Waals surface area contributed by atoms with Gasteiger partial charge in [-0.05, 0) is 37.1 Å². The van der Waals surface area contributed by atoms with Gasteiger partial charge in [-0.2, -0.15) is 0 Å². The number of anilines is 1. The van der Waals surface area contributed by atoms with Crippen LogP contribution in [-0.2, 0) is 4.79 Å². The minimum Gasteiger partial charge on any atom is -0.338 e. The highest BCUT2D eigenvalue weighted by molar-refractivity contribution is 6.33. The smallest absolute Gasteiger partial charge is 0.258 e. The Hall–Kier alpha value is -2.40. The zero-order valence-electron chi connectivity index (χ0n) is 13.5. The third kappa shape index (κ3) is 3.99. The molecule has 2 aromatic rings. The number of hydrogen-bond acceptors (Lipinski definition) is 2. The predicted molar refractivity (Wildman–Crippen MR) is 95.1 cm³/mol. The molecule has 25 heavy (non-hydrogen) atoms. The summed E-state index contributed by atoms with van der Waals surface area (Å²) in [7, 11) is 0. The Balaban J connectivity index is 1.70. The summed E-state index contributed by atoms with van der Waals surface area (Å²) in [5.41, 5.74) is 0.585. The molecule has 1 heterocycles. The van der Waals surface area contributed by atoms with Crippen molar-refractivity contribution >= 4 is 29.1 Å². The van der Waals surface area contributed by atoms with E-state index in [-0.39, 0.29) is 29.0 Å². The molecule has 0 saturated carbocycles. The van der Waals surface area contributed by atoms with Crippen LogP contribution in [0, 0.1) is 11.7 Å².